The molecule has 3 aromatic carbocycles. The molecule has 144 valence electrons. The van der Waals surface area contributed by atoms with E-state index < -0.39 is 18.1 Å². The number of anilines is 1. The Bertz CT molecular complexity index is 859. The standard InChI is InChI=1S/C23H22ClNO3/c24-25(20-14-8-3-9-15-20)21(18-10-4-1-5-11-18)16-23(27)28-17-22(26)19-12-6-2-7-13-19/h1-15,21-22,26H,16-17H2/t21-,22-/m0/s1. The molecule has 0 spiro atoms. The van der Waals surface area contributed by atoms with Crippen molar-refractivity contribution in [3.63, 3.8) is 0 Å². The fraction of sp³-hybridized carbons (Fsp3) is 0.174. The van der Waals surface area contributed by atoms with Crippen LogP contribution in [0.15, 0.2) is 91.0 Å². The van der Waals surface area contributed by atoms with Gasteiger partial charge in [0.05, 0.1) is 18.2 Å². The van der Waals surface area contributed by atoms with Gasteiger partial charge in [-0.05, 0) is 23.3 Å². The molecule has 0 aliphatic heterocycles. The van der Waals surface area contributed by atoms with Crippen molar-refractivity contribution >= 4 is 23.4 Å². The summed E-state index contributed by atoms with van der Waals surface area (Å²) in [6, 6.07) is 27.7. The van der Waals surface area contributed by atoms with Gasteiger partial charge in [-0.1, -0.05) is 78.9 Å². The summed E-state index contributed by atoms with van der Waals surface area (Å²) in [5.41, 5.74) is 2.40. The van der Waals surface area contributed by atoms with Crippen LogP contribution in [0.4, 0.5) is 5.69 Å². The van der Waals surface area contributed by atoms with Gasteiger partial charge in [-0.25, -0.2) is 0 Å². The summed E-state index contributed by atoms with van der Waals surface area (Å²) < 4.78 is 6.87. The van der Waals surface area contributed by atoms with Crippen LogP contribution < -0.4 is 4.42 Å². The van der Waals surface area contributed by atoms with Gasteiger partial charge >= 0.3 is 5.97 Å². The lowest BCUT2D eigenvalue weighted by Crippen LogP contribution is -2.24. The van der Waals surface area contributed by atoms with Gasteiger partial charge < -0.3 is 9.84 Å². The second kappa shape index (κ2) is 9.93. The number of benzene rings is 3. The van der Waals surface area contributed by atoms with Crippen LogP contribution in [0.5, 0.6) is 0 Å². The Morgan fingerprint density at radius 1 is 0.857 bits per heavy atom. The summed E-state index contributed by atoms with van der Waals surface area (Å²) in [6.45, 7) is -0.0992. The second-order valence-corrected chi connectivity index (χ2v) is 6.75. The molecule has 0 fully saturated rings. The maximum Gasteiger partial charge on any atom is 0.308 e. The Morgan fingerprint density at radius 2 is 1.36 bits per heavy atom. The number of aliphatic hydroxyl groups is 1. The van der Waals surface area contributed by atoms with Crippen molar-refractivity contribution in [2.24, 2.45) is 0 Å². The first kappa shape index (κ1) is 19.9. The number of hydrogen-bond acceptors (Lipinski definition) is 4. The minimum absolute atomic E-state index is 0.0594. The summed E-state index contributed by atoms with van der Waals surface area (Å²) in [6.07, 6.45) is -0.800. The van der Waals surface area contributed by atoms with E-state index in [1.54, 1.807) is 16.6 Å². The van der Waals surface area contributed by atoms with Gasteiger partial charge in [0.15, 0.2) is 0 Å². The largest absolute Gasteiger partial charge is 0.462 e. The zero-order valence-corrected chi connectivity index (χ0v) is 16.1. The van der Waals surface area contributed by atoms with Crippen molar-refractivity contribution in [2.75, 3.05) is 11.0 Å². The van der Waals surface area contributed by atoms with Gasteiger partial charge in [0.25, 0.3) is 0 Å². The molecule has 2 atom stereocenters. The van der Waals surface area contributed by atoms with E-state index in [-0.39, 0.29) is 13.0 Å². The number of aliphatic hydroxyl groups excluding tert-OH is 1. The third-order valence-electron chi connectivity index (χ3n) is 4.41. The van der Waals surface area contributed by atoms with Crippen molar-refractivity contribution in [3.8, 4) is 0 Å². The fourth-order valence-corrected chi connectivity index (χ4v) is 3.21. The Labute approximate surface area is 170 Å². The number of hydrogen-bond donors (Lipinski definition) is 1. The number of rotatable bonds is 8. The summed E-state index contributed by atoms with van der Waals surface area (Å²) in [5, 5.41) is 10.2. The summed E-state index contributed by atoms with van der Waals surface area (Å²) in [7, 11) is 0. The van der Waals surface area contributed by atoms with Crippen LogP contribution in [-0.4, -0.2) is 17.7 Å². The number of carbonyl (C=O) groups is 1. The molecule has 3 aromatic rings. The Kier molecular flexibility index (Phi) is 7.06. The third kappa shape index (κ3) is 5.35. The highest BCUT2D eigenvalue weighted by Crippen LogP contribution is 2.32. The van der Waals surface area contributed by atoms with Crippen molar-refractivity contribution < 1.29 is 14.6 Å². The number of nitrogens with zero attached hydrogens (tertiary/aromatic N) is 1. The number of halogens is 1. The average Bonchev–Trinajstić information content (AvgIpc) is 2.77. The zero-order chi connectivity index (χ0) is 19.8. The highest BCUT2D eigenvalue weighted by Gasteiger charge is 2.24. The minimum atomic E-state index is -0.860. The molecule has 3 rings (SSSR count). The van der Waals surface area contributed by atoms with Crippen LogP contribution in [0.1, 0.15) is 29.7 Å². The van der Waals surface area contributed by atoms with E-state index in [1.165, 1.54) is 0 Å². The SMILES string of the molecule is O=C(C[C@@H](c1ccccc1)N(Cl)c1ccccc1)OC[C@H](O)c1ccccc1. The van der Waals surface area contributed by atoms with Crippen molar-refractivity contribution in [3.05, 3.63) is 102 Å². The lowest BCUT2D eigenvalue weighted by atomic mass is 10.0. The Hall–Kier alpha value is -2.82. The predicted octanol–water partition coefficient (Wildman–Crippen LogP) is 5.06. The molecule has 0 bridgehead atoms. The van der Waals surface area contributed by atoms with Crippen molar-refractivity contribution in [2.45, 2.75) is 18.6 Å². The van der Waals surface area contributed by atoms with Crippen LogP contribution in [0.3, 0.4) is 0 Å². The van der Waals surface area contributed by atoms with Crippen LogP contribution in [0.2, 0.25) is 0 Å². The number of ether oxygens (including phenoxy) is 1. The number of carbonyl (C=O) groups excluding carboxylic acids is 1. The first-order chi connectivity index (χ1) is 13.6. The molecule has 5 heteroatoms. The van der Waals surface area contributed by atoms with E-state index in [1.807, 2.05) is 78.9 Å². The quantitative estimate of drug-likeness (QED) is 0.428. The third-order valence-corrected chi connectivity index (χ3v) is 4.84. The molecule has 0 aromatic heterocycles. The first-order valence-corrected chi connectivity index (χ1v) is 9.42. The monoisotopic (exact) mass is 395 g/mol. The molecule has 0 radical (unpaired) electrons. The minimum Gasteiger partial charge on any atom is -0.462 e. The molecule has 0 unspecified atom stereocenters. The first-order valence-electron chi connectivity index (χ1n) is 9.09. The normalized spacial score (nSPS) is 12.8. The fourth-order valence-electron chi connectivity index (χ4n) is 2.91. The van der Waals surface area contributed by atoms with Gasteiger partial charge in [0, 0.05) is 11.8 Å². The molecular formula is C23H22ClNO3. The van der Waals surface area contributed by atoms with Crippen LogP contribution in [-0.2, 0) is 9.53 Å². The molecule has 0 amide bonds. The summed E-state index contributed by atoms with van der Waals surface area (Å²) in [4.78, 5) is 12.5. The van der Waals surface area contributed by atoms with Crippen LogP contribution in [0, 0.1) is 0 Å². The van der Waals surface area contributed by atoms with E-state index in [2.05, 4.69) is 0 Å². The van der Waals surface area contributed by atoms with Gasteiger partial charge in [-0.2, -0.15) is 0 Å². The van der Waals surface area contributed by atoms with Crippen molar-refractivity contribution in [1.82, 2.24) is 0 Å². The van der Waals surface area contributed by atoms with E-state index in [0.29, 0.717) is 5.56 Å². The molecule has 28 heavy (non-hydrogen) atoms. The molecule has 0 saturated heterocycles. The molecule has 4 nitrogen and oxygen atoms in total. The van der Waals surface area contributed by atoms with E-state index in [9.17, 15) is 9.90 Å². The van der Waals surface area contributed by atoms with Gasteiger partial charge in [-0.3, -0.25) is 9.21 Å². The van der Waals surface area contributed by atoms with E-state index >= 15 is 0 Å². The van der Waals surface area contributed by atoms with Crippen LogP contribution >= 0.6 is 11.8 Å². The topological polar surface area (TPSA) is 49.8 Å². The lowest BCUT2D eigenvalue weighted by molar-refractivity contribution is -0.147. The molecule has 1 N–H and O–H groups in total. The second-order valence-electron chi connectivity index (χ2n) is 6.39. The average molecular weight is 396 g/mol. The maximum absolute atomic E-state index is 12.5. The molecule has 0 heterocycles. The van der Waals surface area contributed by atoms with Gasteiger partial charge in [-0.15, -0.1) is 0 Å². The van der Waals surface area contributed by atoms with Crippen molar-refractivity contribution in [1.29, 1.82) is 0 Å². The molecule has 0 saturated carbocycles. The molecular weight excluding hydrogens is 374 g/mol. The summed E-state index contributed by atoms with van der Waals surface area (Å²) >= 11 is 6.59. The highest BCUT2D eigenvalue weighted by atomic mass is 35.5. The number of esters is 1. The van der Waals surface area contributed by atoms with E-state index in [0.717, 1.165) is 11.3 Å². The van der Waals surface area contributed by atoms with Gasteiger partial charge in [0.2, 0.25) is 0 Å². The maximum atomic E-state index is 12.5. The predicted molar refractivity (Wildman–Crippen MR) is 111 cm³/mol. The molecule has 0 aliphatic carbocycles. The van der Waals surface area contributed by atoms with Gasteiger partial charge in [0.1, 0.15) is 12.7 Å². The van der Waals surface area contributed by atoms with E-state index in [4.69, 9.17) is 16.5 Å². The highest BCUT2D eigenvalue weighted by molar-refractivity contribution is 6.26. The molecule has 0 aliphatic rings. The Morgan fingerprint density at radius 3 is 1.93 bits per heavy atom. The number of para-hydroxylation sites is 1. The zero-order valence-electron chi connectivity index (χ0n) is 15.3. The lowest BCUT2D eigenvalue weighted by Gasteiger charge is -2.27. The summed E-state index contributed by atoms with van der Waals surface area (Å²) in [5.74, 6) is -0.426. The smallest absolute Gasteiger partial charge is 0.308 e. The van der Waals surface area contributed by atoms with Crippen LogP contribution in [0.25, 0.3) is 0 Å². The Balaban J connectivity index is 1.68.